The van der Waals surface area contributed by atoms with E-state index in [9.17, 15) is 34.2 Å². The number of carbonyl (C=O) groups is 5. The molecule has 0 spiro atoms. The Bertz CT molecular complexity index is 2290. The van der Waals surface area contributed by atoms with Gasteiger partial charge in [0.05, 0.1) is 36.0 Å². The van der Waals surface area contributed by atoms with Gasteiger partial charge in [-0.15, -0.1) is 0 Å². The van der Waals surface area contributed by atoms with Crippen LogP contribution in [0, 0.1) is 23.7 Å². The van der Waals surface area contributed by atoms with Crippen LogP contribution >= 0.6 is 0 Å². The number of likely N-dealkylation sites (N-methyl/N-ethyl adjacent to an activating group) is 1. The van der Waals surface area contributed by atoms with Crippen LogP contribution in [-0.2, 0) is 44.6 Å². The average molecular weight is 901 g/mol. The summed E-state index contributed by atoms with van der Waals surface area (Å²) in [7, 11) is 1.76. The van der Waals surface area contributed by atoms with Crippen LogP contribution in [0.25, 0.3) is 17.0 Å². The number of rotatable bonds is 11. The number of aliphatic hydroxyl groups is 1. The van der Waals surface area contributed by atoms with Crippen molar-refractivity contribution in [2.45, 2.75) is 135 Å². The Kier molecular flexibility index (Phi) is 15.2. The van der Waals surface area contributed by atoms with Gasteiger partial charge < -0.3 is 44.9 Å². The number of esters is 1. The van der Waals surface area contributed by atoms with E-state index in [1.807, 2.05) is 48.2 Å². The molecular weight excluding hydrogens is 837 g/mol. The molecule has 3 aliphatic rings. The second-order valence-electron chi connectivity index (χ2n) is 18.5. The van der Waals surface area contributed by atoms with E-state index in [1.165, 1.54) is 25.1 Å². The highest BCUT2D eigenvalue weighted by Crippen LogP contribution is 2.41. The number of carbonyl (C=O) groups excluding carboxylic acids is 5. The number of ether oxygens (including phenoxy) is 5. The molecule has 16 heteroatoms. The van der Waals surface area contributed by atoms with Crippen molar-refractivity contribution in [3.63, 3.8) is 0 Å². The first-order valence-electron chi connectivity index (χ1n) is 22.4. The number of ketones is 2. The number of fused-ring (bicyclic) bond motifs is 2. The van der Waals surface area contributed by atoms with Crippen LogP contribution in [0.2, 0.25) is 0 Å². The van der Waals surface area contributed by atoms with Crippen molar-refractivity contribution in [2.75, 3.05) is 13.7 Å². The van der Waals surface area contributed by atoms with Crippen molar-refractivity contribution in [3.05, 3.63) is 77.5 Å². The first kappa shape index (κ1) is 49.2. The first-order valence-corrected chi connectivity index (χ1v) is 22.4. The van der Waals surface area contributed by atoms with Gasteiger partial charge in [-0.05, 0) is 89.9 Å². The number of aromatic nitrogens is 1. The molecule has 0 bridgehead atoms. The molecule has 0 radical (unpaired) electrons. The van der Waals surface area contributed by atoms with Crippen molar-refractivity contribution < 1.29 is 57.9 Å². The molecule has 6 rings (SSSR count). The molecule has 3 fully saturated rings. The van der Waals surface area contributed by atoms with Gasteiger partial charge in [-0.2, -0.15) is 0 Å². The van der Waals surface area contributed by atoms with Crippen LogP contribution in [0.15, 0.2) is 60.8 Å². The number of pyridine rings is 1. The summed E-state index contributed by atoms with van der Waals surface area (Å²) in [6.45, 7) is 13.6. The van der Waals surface area contributed by atoms with Crippen molar-refractivity contribution in [3.8, 4) is 5.75 Å². The lowest BCUT2D eigenvalue weighted by Gasteiger charge is -2.47. The number of alkyl carbamates (subject to hydrolysis) is 1. The smallest absolute Gasteiger partial charge is 0.408 e. The SMILES string of the molecule is CC[C@@H]1OC(=O)[C@H](C)C(=O)[C@H](C)[C@@H](OC2O[C@H](C)C[C@H](N(C)Cc3cc(C(N)=O)ccc3O)[C@H]2O)[C@@](C)(OC/C=C/c2cnc3ccccc3c2)C[C@@H](C)C(=O)[C@@H](C)[C@H]2NC(=O)O[C@]12C. The lowest BCUT2D eigenvalue weighted by molar-refractivity contribution is -0.297. The largest absolute Gasteiger partial charge is 0.508 e. The first-order chi connectivity index (χ1) is 30.7. The monoisotopic (exact) mass is 900 g/mol. The molecule has 0 aliphatic carbocycles. The van der Waals surface area contributed by atoms with Gasteiger partial charge in [0.25, 0.3) is 0 Å². The van der Waals surface area contributed by atoms with E-state index in [2.05, 4.69) is 10.3 Å². The van der Waals surface area contributed by atoms with Gasteiger partial charge in [-0.1, -0.05) is 58.0 Å². The fraction of sp³-hybridized carbons (Fsp3) is 0.551. The van der Waals surface area contributed by atoms with E-state index in [0.29, 0.717) is 12.0 Å². The van der Waals surface area contributed by atoms with Gasteiger partial charge in [-0.3, -0.25) is 29.1 Å². The van der Waals surface area contributed by atoms with Crippen LogP contribution in [0.4, 0.5) is 4.79 Å². The number of phenols is 1. The molecule has 3 aromatic rings. The number of Topliss-reactive ketones (excluding diaryl/α,β-unsaturated/α-hetero) is 2. The van der Waals surface area contributed by atoms with E-state index in [4.69, 9.17) is 29.4 Å². The molecule has 3 aliphatic heterocycles. The van der Waals surface area contributed by atoms with Crippen LogP contribution in [0.1, 0.15) is 96.1 Å². The number of hydrogen-bond acceptors (Lipinski definition) is 14. The normalized spacial score (nSPS) is 33.9. The summed E-state index contributed by atoms with van der Waals surface area (Å²) in [5, 5.41) is 26.6. The van der Waals surface area contributed by atoms with E-state index in [-0.39, 0.29) is 43.1 Å². The Labute approximate surface area is 380 Å². The van der Waals surface area contributed by atoms with Crippen molar-refractivity contribution in [1.82, 2.24) is 15.2 Å². The third-order valence-corrected chi connectivity index (χ3v) is 13.6. The van der Waals surface area contributed by atoms with Crippen molar-refractivity contribution >= 4 is 46.5 Å². The number of nitrogens with zero attached hydrogens (tertiary/aromatic N) is 2. The molecule has 1 aromatic heterocycles. The zero-order chi connectivity index (χ0) is 47.5. The summed E-state index contributed by atoms with van der Waals surface area (Å²) in [5.74, 6) is -6.34. The molecule has 65 heavy (non-hydrogen) atoms. The van der Waals surface area contributed by atoms with Crippen molar-refractivity contribution in [1.29, 1.82) is 0 Å². The summed E-state index contributed by atoms with van der Waals surface area (Å²) in [6, 6.07) is 12.5. The molecule has 13 atom stereocenters. The fourth-order valence-corrected chi connectivity index (χ4v) is 9.90. The third kappa shape index (κ3) is 10.6. The molecule has 352 valence electrons. The van der Waals surface area contributed by atoms with Gasteiger partial charge in [-0.25, -0.2) is 4.79 Å². The summed E-state index contributed by atoms with van der Waals surface area (Å²) < 4.78 is 31.7. The van der Waals surface area contributed by atoms with E-state index in [0.717, 1.165) is 16.5 Å². The summed E-state index contributed by atoms with van der Waals surface area (Å²) in [5.41, 5.74) is 4.90. The number of primary amides is 1. The third-order valence-electron chi connectivity index (χ3n) is 13.6. The zero-order valence-electron chi connectivity index (χ0n) is 38.7. The standard InChI is InChI=1S/C49H64N4O12/c1-10-38-49(8)42(52-47(60)65-49)28(4)39(55)26(2)23-48(7,61-19-13-14-31-21-32-15-11-12-16-35(32)51-24-31)43(29(5)40(56)30(6)45(59)63-38)64-46-41(57)36(20-27(3)62-46)53(9)25-34-22-33(44(50)58)17-18-37(34)54/h11-18,21-22,24,26-30,36,38,41-43,46,54,57H,10,19-20,23,25H2,1-9H3,(H2,50,58)(H,52,60)/b14-13+/t26-,27-,28-,29+,30-,36+,38+,41-,42-,43-,46?,48+,49-/m1/s1. The number of phenolic OH excluding ortho intramolecular Hbond substituents is 1. The lowest BCUT2D eigenvalue weighted by Crippen LogP contribution is -2.60. The molecule has 4 heterocycles. The maximum absolute atomic E-state index is 14.7. The Morgan fingerprint density at radius 3 is 2.46 bits per heavy atom. The number of hydrogen-bond donors (Lipinski definition) is 4. The Morgan fingerprint density at radius 1 is 1.03 bits per heavy atom. The van der Waals surface area contributed by atoms with E-state index in [1.54, 1.807) is 60.9 Å². The minimum Gasteiger partial charge on any atom is -0.508 e. The number of aliphatic hydroxyl groups excluding tert-OH is 1. The summed E-state index contributed by atoms with van der Waals surface area (Å²) in [4.78, 5) is 74.4. The molecule has 2 aromatic carbocycles. The molecule has 16 nitrogen and oxygen atoms in total. The van der Waals surface area contributed by atoms with Crippen molar-refractivity contribution in [2.24, 2.45) is 29.4 Å². The molecule has 0 saturated carbocycles. The molecule has 2 amide bonds. The van der Waals surface area contributed by atoms with Gasteiger partial charge >= 0.3 is 12.1 Å². The predicted molar refractivity (Wildman–Crippen MR) is 240 cm³/mol. The average Bonchev–Trinajstić information content (AvgIpc) is 3.59. The number of para-hydroxylation sites is 1. The van der Waals surface area contributed by atoms with Gasteiger partial charge in [0.1, 0.15) is 29.7 Å². The maximum atomic E-state index is 14.7. The number of aromatic hydroxyl groups is 1. The highest BCUT2D eigenvalue weighted by molar-refractivity contribution is 6.00. The number of amides is 2. The van der Waals surface area contributed by atoms with Crippen LogP contribution in [-0.4, -0.2) is 117 Å². The van der Waals surface area contributed by atoms with Crippen LogP contribution < -0.4 is 11.1 Å². The van der Waals surface area contributed by atoms with E-state index < -0.39 is 101 Å². The fourth-order valence-electron chi connectivity index (χ4n) is 9.90. The minimum absolute atomic E-state index is 0.00921. The maximum Gasteiger partial charge on any atom is 0.408 e. The number of cyclic esters (lactones) is 1. The van der Waals surface area contributed by atoms with Crippen LogP contribution in [0.3, 0.4) is 0 Å². The van der Waals surface area contributed by atoms with Gasteiger partial charge in [0.15, 0.2) is 17.7 Å². The molecule has 3 saturated heterocycles. The highest BCUT2D eigenvalue weighted by atomic mass is 16.7. The zero-order valence-corrected chi connectivity index (χ0v) is 38.7. The highest BCUT2D eigenvalue weighted by Gasteiger charge is 2.57. The number of nitrogens with one attached hydrogen (secondary N) is 1. The lowest BCUT2D eigenvalue weighted by atomic mass is 9.73. The van der Waals surface area contributed by atoms with Crippen LogP contribution in [0.5, 0.6) is 5.75 Å². The number of nitrogens with two attached hydrogens (primary N) is 1. The summed E-state index contributed by atoms with van der Waals surface area (Å²) >= 11 is 0. The quantitative estimate of drug-likeness (QED) is 0.138. The van der Waals surface area contributed by atoms with Gasteiger partial charge in [0.2, 0.25) is 5.91 Å². The second-order valence-corrected chi connectivity index (χ2v) is 18.5. The van der Waals surface area contributed by atoms with Gasteiger partial charge in [0, 0.05) is 53.1 Å². The molecule has 1 unspecified atom stereocenters. The molecular formula is C49H64N4O12. The Balaban J connectivity index is 1.38. The second kappa shape index (κ2) is 20.1. The Hall–Kier alpha value is -5.26. The van der Waals surface area contributed by atoms with E-state index >= 15 is 0 Å². The predicted octanol–water partition coefficient (Wildman–Crippen LogP) is 5.48. The Morgan fingerprint density at radius 2 is 1.75 bits per heavy atom. The number of benzene rings is 2. The topological polar surface area (TPSA) is 226 Å². The summed E-state index contributed by atoms with van der Waals surface area (Å²) in [6.07, 6.45) is -0.158. The minimum atomic E-state index is -1.47. The molecule has 5 N–H and O–H groups in total.